The van der Waals surface area contributed by atoms with Crippen LogP contribution in [-0.4, -0.2) is 39.6 Å². The van der Waals surface area contributed by atoms with Gasteiger partial charge in [-0.05, 0) is 12.1 Å². The Morgan fingerprint density at radius 3 is 2.50 bits per heavy atom. The van der Waals surface area contributed by atoms with E-state index < -0.39 is 6.09 Å². The van der Waals surface area contributed by atoms with E-state index in [2.05, 4.69) is 5.32 Å². The lowest BCUT2D eigenvalue weighted by Crippen LogP contribution is -2.22. The summed E-state index contributed by atoms with van der Waals surface area (Å²) in [5, 5.41) is 2.56. The molecule has 0 saturated carbocycles. The minimum absolute atomic E-state index is 0.246. The number of ether oxygens (including phenoxy) is 4. The topological polar surface area (TPSA) is 66.0 Å². The highest BCUT2D eigenvalue weighted by molar-refractivity contribution is 5.69. The highest BCUT2D eigenvalue weighted by Crippen LogP contribution is 2.36. The number of carbonyl (C=O) groups is 1. The van der Waals surface area contributed by atoms with Gasteiger partial charge in [0.25, 0.3) is 0 Å². The first-order valence-electron chi connectivity index (χ1n) is 5.53. The summed E-state index contributed by atoms with van der Waals surface area (Å²) in [6.07, 6.45) is -0.720. The second kappa shape index (κ2) is 5.48. The van der Waals surface area contributed by atoms with Crippen LogP contribution in [0.15, 0.2) is 18.2 Å². The first kappa shape index (κ1) is 12.3. The van der Waals surface area contributed by atoms with E-state index in [4.69, 9.17) is 18.9 Å². The number of hydrogen-bond acceptors (Lipinski definition) is 5. The molecule has 0 radical (unpaired) electrons. The van der Waals surface area contributed by atoms with Gasteiger partial charge in [0.1, 0.15) is 6.61 Å². The maximum atomic E-state index is 10.9. The Kier molecular flexibility index (Phi) is 3.76. The van der Waals surface area contributed by atoms with Crippen molar-refractivity contribution in [3.63, 3.8) is 0 Å². The summed E-state index contributed by atoms with van der Waals surface area (Å²) in [4.78, 5) is 10.9. The van der Waals surface area contributed by atoms with Gasteiger partial charge >= 0.3 is 6.09 Å². The van der Waals surface area contributed by atoms with Gasteiger partial charge in [0, 0.05) is 0 Å². The number of nitrogens with one attached hydrogen (secondary N) is 1. The molecule has 98 valence electrons. The molecule has 18 heavy (non-hydrogen) atoms. The SMILES string of the molecule is COc1cccc(OC)c1OC[C@@H]1CNC(=O)O1. The number of amides is 1. The van der Waals surface area contributed by atoms with Crippen molar-refractivity contribution in [2.24, 2.45) is 0 Å². The normalized spacial score (nSPS) is 17.9. The van der Waals surface area contributed by atoms with E-state index in [1.807, 2.05) is 6.07 Å². The van der Waals surface area contributed by atoms with Crippen molar-refractivity contribution < 1.29 is 23.7 Å². The average Bonchev–Trinajstić information content (AvgIpc) is 2.81. The molecule has 1 atom stereocenters. The third-order valence-corrected chi connectivity index (χ3v) is 2.54. The zero-order valence-corrected chi connectivity index (χ0v) is 10.3. The van der Waals surface area contributed by atoms with Crippen molar-refractivity contribution in [2.45, 2.75) is 6.10 Å². The van der Waals surface area contributed by atoms with Crippen molar-refractivity contribution in [2.75, 3.05) is 27.4 Å². The van der Waals surface area contributed by atoms with E-state index in [1.165, 1.54) is 0 Å². The zero-order valence-electron chi connectivity index (χ0n) is 10.3. The van der Waals surface area contributed by atoms with Crippen molar-refractivity contribution in [1.29, 1.82) is 0 Å². The Bertz CT molecular complexity index is 412. The number of carbonyl (C=O) groups excluding carboxylic acids is 1. The molecular weight excluding hydrogens is 238 g/mol. The van der Waals surface area contributed by atoms with Gasteiger partial charge < -0.3 is 24.3 Å². The molecule has 2 rings (SSSR count). The van der Waals surface area contributed by atoms with Gasteiger partial charge in [-0.1, -0.05) is 6.07 Å². The van der Waals surface area contributed by atoms with Crippen LogP contribution < -0.4 is 19.5 Å². The predicted molar refractivity (Wildman–Crippen MR) is 63.3 cm³/mol. The Morgan fingerprint density at radius 1 is 1.33 bits per heavy atom. The lowest BCUT2D eigenvalue weighted by Gasteiger charge is -2.15. The highest BCUT2D eigenvalue weighted by atomic mass is 16.6. The summed E-state index contributed by atoms with van der Waals surface area (Å²) >= 11 is 0. The molecule has 1 saturated heterocycles. The monoisotopic (exact) mass is 253 g/mol. The first-order chi connectivity index (χ1) is 8.74. The standard InChI is InChI=1S/C12H15NO5/c1-15-9-4-3-5-10(16-2)11(9)17-7-8-6-13-12(14)18-8/h3-5,8H,6-7H2,1-2H3,(H,13,14)/t8-/m0/s1. The molecule has 1 heterocycles. The third kappa shape index (κ3) is 2.58. The van der Waals surface area contributed by atoms with Crippen LogP contribution >= 0.6 is 0 Å². The molecule has 6 nitrogen and oxygen atoms in total. The Morgan fingerprint density at radius 2 is 2.00 bits per heavy atom. The molecule has 1 aromatic rings. The molecule has 1 aromatic carbocycles. The molecule has 0 spiro atoms. The van der Waals surface area contributed by atoms with Crippen molar-refractivity contribution in [3.8, 4) is 17.2 Å². The van der Waals surface area contributed by atoms with E-state index in [0.717, 1.165) is 0 Å². The maximum absolute atomic E-state index is 10.9. The van der Waals surface area contributed by atoms with E-state index in [-0.39, 0.29) is 12.7 Å². The molecule has 1 amide bonds. The Balaban J connectivity index is 2.05. The van der Waals surface area contributed by atoms with Gasteiger partial charge in [0.05, 0.1) is 20.8 Å². The minimum atomic E-state index is -0.421. The molecule has 0 unspecified atom stereocenters. The zero-order chi connectivity index (χ0) is 13.0. The fourth-order valence-corrected chi connectivity index (χ4v) is 1.66. The number of rotatable bonds is 5. The number of hydrogen-bond donors (Lipinski definition) is 1. The fraction of sp³-hybridized carbons (Fsp3) is 0.417. The molecule has 0 aliphatic carbocycles. The summed E-state index contributed by atoms with van der Waals surface area (Å²) < 4.78 is 21.0. The van der Waals surface area contributed by atoms with E-state index in [9.17, 15) is 4.79 Å². The number of alkyl carbamates (subject to hydrolysis) is 1. The van der Waals surface area contributed by atoms with Crippen LogP contribution in [0.4, 0.5) is 4.79 Å². The summed E-state index contributed by atoms with van der Waals surface area (Å²) in [7, 11) is 3.11. The molecular formula is C12H15NO5. The maximum Gasteiger partial charge on any atom is 0.407 e. The van der Waals surface area contributed by atoms with Crippen LogP contribution in [0.2, 0.25) is 0 Å². The van der Waals surface area contributed by atoms with Gasteiger partial charge in [-0.2, -0.15) is 0 Å². The number of methoxy groups -OCH3 is 2. The van der Waals surface area contributed by atoms with Crippen LogP contribution in [0.5, 0.6) is 17.2 Å². The smallest absolute Gasteiger partial charge is 0.407 e. The molecule has 0 bridgehead atoms. The van der Waals surface area contributed by atoms with E-state index in [1.54, 1.807) is 26.4 Å². The minimum Gasteiger partial charge on any atom is -0.493 e. The van der Waals surface area contributed by atoms with Gasteiger partial charge in [-0.3, -0.25) is 0 Å². The van der Waals surface area contributed by atoms with Crippen molar-refractivity contribution >= 4 is 6.09 Å². The van der Waals surface area contributed by atoms with Crippen LogP contribution in [0.3, 0.4) is 0 Å². The lowest BCUT2D eigenvalue weighted by molar-refractivity contribution is 0.102. The van der Waals surface area contributed by atoms with Crippen LogP contribution in [0.1, 0.15) is 0 Å². The number of para-hydroxylation sites is 1. The number of benzene rings is 1. The van der Waals surface area contributed by atoms with Crippen molar-refractivity contribution in [1.82, 2.24) is 5.32 Å². The van der Waals surface area contributed by atoms with Crippen molar-refractivity contribution in [3.05, 3.63) is 18.2 Å². The quantitative estimate of drug-likeness (QED) is 0.853. The average molecular weight is 253 g/mol. The lowest BCUT2D eigenvalue weighted by atomic mass is 10.3. The predicted octanol–water partition coefficient (Wildman–Crippen LogP) is 1.19. The first-order valence-corrected chi connectivity index (χ1v) is 5.53. The van der Waals surface area contributed by atoms with E-state index in [0.29, 0.717) is 23.8 Å². The summed E-state index contributed by atoms with van der Waals surface area (Å²) in [6.45, 7) is 0.686. The van der Waals surface area contributed by atoms with Crippen LogP contribution in [-0.2, 0) is 4.74 Å². The fourth-order valence-electron chi connectivity index (χ4n) is 1.66. The highest BCUT2D eigenvalue weighted by Gasteiger charge is 2.24. The summed E-state index contributed by atoms with van der Waals surface area (Å²) in [6, 6.07) is 5.36. The largest absolute Gasteiger partial charge is 0.493 e. The molecule has 1 aliphatic rings. The molecule has 1 N–H and O–H groups in total. The van der Waals surface area contributed by atoms with Crippen LogP contribution in [0.25, 0.3) is 0 Å². The van der Waals surface area contributed by atoms with Gasteiger partial charge in [0.2, 0.25) is 5.75 Å². The molecule has 1 fully saturated rings. The number of cyclic esters (lactones) is 1. The third-order valence-electron chi connectivity index (χ3n) is 2.54. The Labute approximate surface area is 105 Å². The van der Waals surface area contributed by atoms with Gasteiger partial charge in [0.15, 0.2) is 17.6 Å². The Hall–Kier alpha value is -2.11. The van der Waals surface area contributed by atoms with Gasteiger partial charge in [-0.25, -0.2) is 4.79 Å². The molecule has 1 aliphatic heterocycles. The molecule has 0 aromatic heterocycles. The van der Waals surface area contributed by atoms with E-state index >= 15 is 0 Å². The molecule has 6 heteroatoms. The second-order valence-corrected chi connectivity index (χ2v) is 3.71. The second-order valence-electron chi connectivity index (χ2n) is 3.71. The summed E-state index contributed by atoms with van der Waals surface area (Å²) in [5.41, 5.74) is 0. The van der Waals surface area contributed by atoms with Crippen LogP contribution in [0, 0.1) is 0 Å². The summed E-state index contributed by atoms with van der Waals surface area (Å²) in [5.74, 6) is 1.66. The van der Waals surface area contributed by atoms with Gasteiger partial charge in [-0.15, -0.1) is 0 Å².